The number of aromatic amines is 1. The Hall–Kier alpha value is -2.89. The molecule has 0 saturated carbocycles. The number of nitrogens with one attached hydrogen (secondary N) is 2. The minimum atomic E-state index is -0.535. The van der Waals surface area contributed by atoms with Gasteiger partial charge in [0.1, 0.15) is 0 Å². The van der Waals surface area contributed by atoms with E-state index in [1.807, 2.05) is 0 Å². The third-order valence-corrected chi connectivity index (χ3v) is 2.46. The summed E-state index contributed by atoms with van der Waals surface area (Å²) in [6.45, 7) is 0. The molecule has 0 aliphatic heterocycles. The Morgan fingerprint density at radius 2 is 1.74 bits per heavy atom. The topological polar surface area (TPSA) is 105 Å². The van der Waals surface area contributed by atoms with Gasteiger partial charge in [0.05, 0.1) is 0 Å². The van der Waals surface area contributed by atoms with Crippen molar-refractivity contribution in [2.24, 2.45) is 5.73 Å². The summed E-state index contributed by atoms with van der Waals surface area (Å²) in [5.74, 6) is -0.939. The molecular formula is C13H11N3O3. The zero-order chi connectivity index (χ0) is 13.8. The van der Waals surface area contributed by atoms with E-state index < -0.39 is 11.8 Å². The van der Waals surface area contributed by atoms with E-state index in [2.05, 4.69) is 10.3 Å². The van der Waals surface area contributed by atoms with Crippen molar-refractivity contribution >= 4 is 17.5 Å². The van der Waals surface area contributed by atoms with Crippen LogP contribution >= 0.6 is 0 Å². The number of nitrogens with two attached hydrogens (primary N) is 1. The molecule has 1 aromatic heterocycles. The van der Waals surface area contributed by atoms with Gasteiger partial charge in [0, 0.05) is 29.1 Å². The van der Waals surface area contributed by atoms with Crippen LogP contribution in [0.25, 0.3) is 0 Å². The van der Waals surface area contributed by atoms with E-state index in [1.54, 1.807) is 12.1 Å². The monoisotopic (exact) mass is 257 g/mol. The molecule has 4 N–H and O–H groups in total. The molecule has 0 aliphatic rings. The number of hydrogen-bond acceptors (Lipinski definition) is 3. The van der Waals surface area contributed by atoms with Crippen molar-refractivity contribution in [3.05, 3.63) is 64.1 Å². The maximum Gasteiger partial charge on any atom is 0.255 e. The predicted molar refractivity (Wildman–Crippen MR) is 70.0 cm³/mol. The second-order valence-corrected chi connectivity index (χ2v) is 3.84. The van der Waals surface area contributed by atoms with Crippen molar-refractivity contribution < 1.29 is 9.59 Å². The summed E-state index contributed by atoms with van der Waals surface area (Å²) < 4.78 is 0. The summed E-state index contributed by atoms with van der Waals surface area (Å²) in [5, 5.41) is 2.61. The van der Waals surface area contributed by atoms with Gasteiger partial charge < -0.3 is 16.0 Å². The standard InChI is InChI=1S/C13H11N3O3/c14-12(18)8-1-3-10(4-2-8)16-13(19)9-5-6-15-11(17)7-9/h1-7H,(H2,14,18)(H,15,17)(H,16,19). The fourth-order valence-corrected chi connectivity index (χ4v) is 1.51. The van der Waals surface area contributed by atoms with Crippen LogP contribution in [0, 0.1) is 0 Å². The number of benzene rings is 1. The summed E-state index contributed by atoms with van der Waals surface area (Å²) in [6, 6.07) is 8.84. The van der Waals surface area contributed by atoms with Crippen molar-refractivity contribution in [2.75, 3.05) is 5.32 Å². The average molecular weight is 257 g/mol. The molecule has 0 aliphatic carbocycles. The van der Waals surface area contributed by atoms with Gasteiger partial charge in [-0.25, -0.2) is 0 Å². The predicted octanol–water partition coefficient (Wildman–Crippen LogP) is 0.726. The Morgan fingerprint density at radius 3 is 2.32 bits per heavy atom. The number of primary amides is 1. The van der Waals surface area contributed by atoms with Gasteiger partial charge >= 0.3 is 0 Å². The lowest BCUT2D eigenvalue weighted by atomic mass is 10.2. The highest BCUT2D eigenvalue weighted by molar-refractivity contribution is 6.04. The van der Waals surface area contributed by atoms with Crippen LogP contribution < -0.4 is 16.6 Å². The van der Waals surface area contributed by atoms with Crippen LogP contribution in [0.4, 0.5) is 5.69 Å². The normalized spacial score (nSPS) is 9.89. The molecular weight excluding hydrogens is 246 g/mol. The van der Waals surface area contributed by atoms with Crippen LogP contribution in [0.1, 0.15) is 20.7 Å². The minimum absolute atomic E-state index is 0.253. The molecule has 2 aromatic rings. The first-order valence-electron chi connectivity index (χ1n) is 5.46. The molecule has 0 fully saturated rings. The molecule has 0 saturated heterocycles. The van der Waals surface area contributed by atoms with Crippen LogP contribution in [0.2, 0.25) is 0 Å². The van der Waals surface area contributed by atoms with Gasteiger partial charge in [-0.3, -0.25) is 14.4 Å². The fourth-order valence-electron chi connectivity index (χ4n) is 1.51. The molecule has 96 valence electrons. The quantitative estimate of drug-likeness (QED) is 0.754. The van der Waals surface area contributed by atoms with E-state index in [0.29, 0.717) is 11.3 Å². The Balaban J connectivity index is 2.15. The van der Waals surface area contributed by atoms with E-state index in [4.69, 9.17) is 5.73 Å². The highest BCUT2D eigenvalue weighted by Crippen LogP contribution is 2.10. The van der Waals surface area contributed by atoms with Crippen LogP contribution in [-0.2, 0) is 0 Å². The van der Waals surface area contributed by atoms with Gasteiger partial charge in [0.25, 0.3) is 5.91 Å². The van der Waals surface area contributed by atoms with Gasteiger partial charge in [-0.2, -0.15) is 0 Å². The number of pyridine rings is 1. The van der Waals surface area contributed by atoms with Gasteiger partial charge in [-0.05, 0) is 30.3 Å². The second kappa shape index (κ2) is 5.18. The molecule has 0 bridgehead atoms. The molecule has 6 heteroatoms. The Labute approximate surface area is 108 Å². The molecule has 0 unspecified atom stereocenters. The van der Waals surface area contributed by atoms with Crippen molar-refractivity contribution in [1.82, 2.24) is 4.98 Å². The van der Waals surface area contributed by atoms with E-state index >= 15 is 0 Å². The van der Waals surface area contributed by atoms with Crippen LogP contribution in [0.3, 0.4) is 0 Å². The maximum atomic E-state index is 11.8. The largest absolute Gasteiger partial charge is 0.366 e. The summed E-state index contributed by atoms with van der Waals surface area (Å²) in [4.78, 5) is 36.2. The van der Waals surface area contributed by atoms with E-state index in [0.717, 1.165) is 0 Å². The number of amides is 2. The number of carbonyl (C=O) groups is 2. The summed E-state index contributed by atoms with van der Waals surface area (Å²) in [7, 11) is 0. The maximum absolute atomic E-state index is 11.8. The molecule has 1 aromatic carbocycles. The minimum Gasteiger partial charge on any atom is -0.366 e. The molecule has 2 rings (SSSR count). The summed E-state index contributed by atoms with van der Waals surface area (Å²) >= 11 is 0. The van der Waals surface area contributed by atoms with Crippen LogP contribution in [0.5, 0.6) is 0 Å². The fraction of sp³-hybridized carbons (Fsp3) is 0. The van der Waals surface area contributed by atoms with Gasteiger partial charge in [0.2, 0.25) is 11.5 Å². The molecule has 1 heterocycles. The molecule has 6 nitrogen and oxygen atoms in total. The van der Waals surface area contributed by atoms with Crippen molar-refractivity contribution in [2.45, 2.75) is 0 Å². The smallest absolute Gasteiger partial charge is 0.255 e. The van der Waals surface area contributed by atoms with E-state index in [1.165, 1.54) is 30.5 Å². The van der Waals surface area contributed by atoms with E-state index in [9.17, 15) is 14.4 Å². The van der Waals surface area contributed by atoms with Crippen molar-refractivity contribution in [3.8, 4) is 0 Å². The molecule has 0 spiro atoms. The average Bonchev–Trinajstić information content (AvgIpc) is 2.39. The van der Waals surface area contributed by atoms with Crippen LogP contribution in [-0.4, -0.2) is 16.8 Å². The third-order valence-electron chi connectivity index (χ3n) is 2.46. The van der Waals surface area contributed by atoms with Gasteiger partial charge in [-0.1, -0.05) is 0 Å². The zero-order valence-corrected chi connectivity index (χ0v) is 9.84. The lowest BCUT2D eigenvalue weighted by molar-refractivity contribution is 0.0998. The van der Waals surface area contributed by atoms with Crippen LogP contribution in [0.15, 0.2) is 47.4 Å². The number of carbonyl (C=O) groups excluding carboxylic acids is 2. The number of anilines is 1. The first-order valence-corrected chi connectivity index (χ1v) is 5.46. The Kier molecular flexibility index (Phi) is 3.42. The molecule has 0 atom stereocenters. The summed E-state index contributed by atoms with van der Waals surface area (Å²) in [6.07, 6.45) is 1.40. The number of rotatable bonds is 3. The number of aromatic nitrogens is 1. The Bertz CT molecular complexity index is 674. The molecule has 19 heavy (non-hydrogen) atoms. The lowest BCUT2D eigenvalue weighted by Crippen LogP contribution is -2.16. The first-order chi connectivity index (χ1) is 9.06. The molecule has 2 amide bonds. The SMILES string of the molecule is NC(=O)c1ccc(NC(=O)c2cc[nH]c(=O)c2)cc1. The molecule has 0 radical (unpaired) electrons. The number of hydrogen-bond donors (Lipinski definition) is 3. The highest BCUT2D eigenvalue weighted by atomic mass is 16.2. The van der Waals surface area contributed by atoms with Gasteiger partial charge in [-0.15, -0.1) is 0 Å². The lowest BCUT2D eigenvalue weighted by Gasteiger charge is -2.05. The van der Waals surface area contributed by atoms with Crippen molar-refractivity contribution in [3.63, 3.8) is 0 Å². The van der Waals surface area contributed by atoms with E-state index in [-0.39, 0.29) is 11.1 Å². The second-order valence-electron chi connectivity index (χ2n) is 3.84. The first kappa shape index (κ1) is 12.6. The third kappa shape index (κ3) is 3.06. The number of H-pyrrole nitrogens is 1. The summed E-state index contributed by atoms with van der Waals surface area (Å²) in [5.41, 5.74) is 5.88. The highest BCUT2D eigenvalue weighted by Gasteiger charge is 2.07. The Morgan fingerprint density at radius 1 is 1.05 bits per heavy atom. The van der Waals surface area contributed by atoms with Gasteiger partial charge in [0.15, 0.2) is 0 Å². The van der Waals surface area contributed by atoms with Crippen molar-refractivity contribution in [1.29, 1.82) is 0 Å². The zero-order valence-electron chi connectivity index (χ0n) is 9.84.